The highest BCUT2D eigenvalue weighted by Gasteiger charge is 2.24. The second-order valence-electron chi connectivity index (χ2n) is 7.29. The highest BCUT2D eigenvalue weighted by atomic mass is 16.6. The predicted molar refractivity (Wildman–Crippen MR) is 117 cm³/mol. The Morgan fingerprint density at radius 2 is 1.68 bits per heavy atom. The van der Waals surface area contributed by atoms with E-state index >= 15 is 0 Å². The zero-order chi connectivity index (χ0) is 21.6. The second kappa shape index (κ2) is 9.30. The van der Waals surface area contributed by atoms with Gasteiger partial charge < -0.3 is 14.4 Å². The zero-order valence-electron chi connectivity index (χ0n) is 16.9. The van der Waals surface area contributed by atoms with E-state index in [1.165, 1.54) is 6.07 Å². The Hall–Kier alpha value is -3.87. The van der Waals surface area contributed by atoms with Crippen LogP contribution in [0.3, 0.4) is 0 Å². The fourth-order valence-corrected chi connectivity index (χ4v) is 3.58. The predicted octanol–water partition coefficient (Wildman–Crippen LogP) is 5.34. The van der Waals surface area contributed by atoms with Crippen LogP contribution in [0.4, 0.5) is 11.4 Å². The van der Waals surface area contributed by atoms with Crippen molar-refractivity contribution in [2.45, 2.75) is 19.4 Å². The number of anilines is 1. The second-order valence-corrected chi connectivity index (χ2v) is 7.29. The van der Waals surface area contributed by atoms with Crippen molar-refractivity contribution in [3.05, 3.63) is 94.0 Å². The van der Waals surface area contributed by atoms with Crippen molar-refractivity contribution in [3.8, 4) is 11.5 Å². The molecule has 1 aliphatic heterocycles. The van der Waals surface area contributed by atoms with E-state index < -0.39 is 10.9 Å². The number of hydrogen-bond donors (Lipinski definition) is 0. The van der Waals surface area contributed by atoms with Gasteiger partial charge in [-0.2, -0.15) is 0 Å². The number of carbonyl (C=O) groups is 1. The van der Waals surface area contributed by atoms with Gasteiger partial charge in [0.15, 0.2) is 0 Å². The summed E-state index contributed by atoms with van der Waals surface area (Å²) in [5, 5.41) is 11.5. The maximum Gasteiger partial charge on any atom is 0.338 e. The number of rotatable bonds is 7. The quantitative estimate of drug-likeness (QED) is 0.292. The Labute approximate surface area is 180 Å². The molecule has 1 fully saturated rings. The van der Waals surface area contributed by atoms with E-state index in [1.54, 1.807) is 18.2 Å². The number of carbonyl (C=O) groups excluding carboxylic acids is 1. The van der Waals surface area contributed by atoms with Crippen molar-refractivity contribution in [1.29, 1.82) is 0 Å². The van der Waals surface area contributed by atoms with Gasteiger partial charge in [-0.15, -0.1) is 0 Å². The summed E-state index contributed by atoms with van der Waals surface area (Å²) in [6.45, 7) is 1.60. The van der Waals surface area contributed by atoms with E-state index in [9.17, 15) is 14.9 Å². The molecule has 0 amide bonds. The Morgan fingerprint density at radius 3 is 2.42 bits per heavy atom. The molecule has 0 radical (unpaired) electrons. The van der Waals surface area contributed by atoms with Gasteiger partial charge >= 0.3 is 5.97 Å². The van der Waals surface area contributed by atoms with Crippen molar-refractivity contribution in [1.82, 2.24) is 0 Å². The third kappa shape index (κ3) is 5.01. The van der Waals surface area contributed by atoms with E-state index in [0.717, 1.165) is 31.5 Å². The first-order chi connectivity index (χ1) is 15.1. The van der Waals surface area contributed by atoms with E-state index in [-0.39, 0.29) is 17.9 Å². The molecule has 0 unspecified atom stereocenters. The molecule has 0 aromatic heterocycles. The molecule has 3 aromatic rings. The molecule has 0 atom stereocenters. The Kier molecular flexibility index (Phi) is 6.12. The maximum absolute atomic E-state index is 12.5. The Bertz CT molecular complexity index is 1080. The lowest BCUT2D eigenvalue weighted by atomic mass is 10.1. The van der Waals surface area contributed by atoms with Gasteiger partial charge in [0.05, 0.1) is 10.5 Å². The summed E-state index contributed by atoms with van der Waals surface area (Å²) >= 11 is 0. The molecule has 0 spiro atoms. The highest BCUT2D eigenvalue weighted by molar-refractivity contribution is 5.91. The molecule has 31 heavy (non-hydrogen) atoms. The molecule has 3 aromatic carbocycles. The largest absolute Gasteiger partial charge is 0.457 e. The molecule has 7 heteroatoms. The molecule has 1 heterocycles. The molecule has 4 rings (SSSR count). The van der Waals surface area contributed by atoms with Gasteiger partial charge in [0.2, 0.25) is 0 Å². The number of nitro benzene ring substituents is 1. The van der Waals surface area contributed by atoms with Gasteiger partial charge in [-0.3, -0.25) is 10.1 Å². The number of nitro groups is 1. The number of para-hydroxylation sites is 1. The highest BCUT2D eigenvalue weighted by Crippen LogP contribution is 2.32. The molecule has 0 N–H and O–H groups in total. The van der Waals surface area contributed by atoms with Crippen molar-refractivity contribution in [2.24, 2.45) is 0 Å². The van der Waals surface area contributed by atoms with E-state index in [4.69, 9.17) is 9.47 Å². The van der Waals surface area contributed by atoms with Crippen molar-refractivity contribution < 1.29 is 19.2 Å². The summed E-state index contributed by atoms with van der Waals surface area (Å²) in [6.07, 6.45) is 2.02. The van der Waals surface area contributed by atoms with Crippen LogP contribution < -0.4 is 9.64 Å². The van der Waals surface area contributed by atoms with Crippen LogP contribution in [0.2, 0.25) is 0 Å². The average molecular weight is 418 g/mol. The van der Waals surface area contributed by atoms with Crippen molar-refractivity contribution >= 4 is 17.3 Å². The van der Waals surface area contributed by atoms with E-state index in [0.29, 0.717) is 17.2 Å². The number of ether oxygens (including phenoxy) is 2. The van der Waals surface area contributed by atoms with Gasteiger partial charge in [0.25, 0.3) is 5.69 Å². The summed E-state index contributed by atoms with van der Waals surface area (Å²) < 4.78 is 11.2. The van der Waals surface area contributed by atoms with E-state index in [1.807, 2.05) is 53.4 Å². The zero-order valence-corrected chi connectivity index (χ0v) is 16.9. The average Bonchev–Trinajstić information content (AvgIpc) is 3.33. The summed E-state index contributed by atoms with van der Waals surface area (Å²) in [6, 6.07) is 21.1. The lowest BCUT2D eigenvalue weighted by Gasteiger charge is -2.17. The summed E-state index contributed by atoms with van der Waals surface area (Å²) in [5.74, 6) is 0.734. The summed E-state index contributed by atoms with van der Waals surface area (Å²) in [7, 11) is 0. The number of hydrogen-bond acceptors (Lipinski definition) is 6. The number of nitrogens with zero attached hydrogens (tertiary/aromatic N) is 2. The fraction of sp³-hybridized carbons (Fsp3) is 0.208. The molecule has 7 nitrogen and oxygen atoms in total. The first-order valence-corrected chi connectivity index (χ1v) is 10.1. The molecule has 158 valence electrons. The van der Waals surface area contributed by atoms with Gasteiger partial charge in [0, 0.05) is 19.2 Å². The van der Waals surface area contributed by atoms with Gasteiger partial charge in [0.1, 0.15) is 23.8 Å². The van der Waals surface area contributed by atoms with E-state index in [2.05, 4.69) is 0 Å². The standard InChI is InChI=1S/C24H22N2O5/c27-24(19-11-12-22(23(16-19)26(28)29)25-13-4-5-14-25)30-17-18-7-6-10-21(15-18)31-20-8-2-1-3-9-20/h1-3,6-12,15-16H,4-5,13-14,17H2. The summed E-state index contributed by atoms with van der Waals surface area (Å²) in [4.78, 5) is 25.6. The maximum atomic E-state index is 12.5. The van der Waals surface area contributed by atoms with Crippen LogP contribution in [-0.4, -0.2) is 24.0 Å². The molecule has 0 bridgehead atoms. The van der Waals surface area contributed by atoms with Gasteiger partial charge in [-0.1, -0.05) is 30.3 Å². The van der Waals surface area contributed by atoms with Crippen LogP contribution in [0.1, 0.15) is 28.8 Å². The van der Waals surface area contributed by atoms with Gasteiger partial charge in [-0.25, -0.2) is 4.79 Å². The van der Waals surface area contributed by atoms with Crippen LogP contribution in [0.15, 0.2) is 72.8 Å². The van der Waals surface area contributed by atoms with Gasteiger partial charge in [-0.05, 0) is 54.8 Å². The smallest absolute Gasteiger partial charge is 0.338 e. The molecule has 1 aliphatic rings. The minimum absolute atomic E-state index is 0.0342. The SMILES string of the molecule is O=C(OCc1cccc(Oc2ccccc2)c1)c1ccc(N2CCCC2)c([N+](=O)[O-])c1. The minimum atomic E-state index is -0.606. The fourth-order valence-electron chi connectivity index (χ4n) is 3.58. The molecular formula is C24H22N2O5. The van der Waals surface area contributed by atoms with Crippen LogP contribution in [0.25, 0.3) is 0 Å². The molecule has 1 saturated heterocycles. The monoisotopic (exact) mass is 418 g/mol. The Balaban J connectivity index is 1.43. The lowest BCUT2D eigenvalue weighted by Crippen LogP contribution is -2.19. The first-order valence-electron chi connectivity index (χ1n) is 10.1. The summed E-state index contributed by atoms with van der Waals surface area (Å²) in [5.41, 5.74) is 1.38. The molecule has 0 saturated carbocycles. The number of benzene rings is 3. The number of esters is 1. The first kappa shape index (κ1) is 20.4. The van der Waals surface area contributed by atoms with Crippen LogP contribution in [0.5, 0.6) is 11.5 Å². The minimum Gasteiger partial charge on any atom is -0.457 e. The van der Waals surface area contributed by atoms with Crippen molar-refractivity contribution in [3.63, 3.8) is 0 Å². The normalized spacial score (nSPS) is 13.1. The Morgan fingerprint density at radius 1 is 0.935 bits per heavy atom. The third-order valence-corrected chi connectivity index (χ3v) is 5.10. The topological polar surface area (TPSA) is 81.9 Å². The third-order valence-electron chi connectivity index (χ3n) is 5.10. The van der Waals surface area contributed by atoms with Crippen molar-refractivity contribution in [2.75, 3.05) is 18.0 Å². The lowest BCUT2D eigenvalue weighted by molar-refractivity contribution is -0.384. The molecule has 0 aliphatic carbocycles. The van der Waals surface area contributed by atoms with Crippen LogP contribution >= 0.6 is 0 Å². The van der Waals surface area contributed by atoms with Crippen LogP contribution in [0, 0.1) is 10.1 Å². The van der Waals surface area contributed by atoms with Crippen LogP contribution in [-0.2, 0) is 11.3 Å². The molecular weight excluding hydrogens is 396 g/mol.